The number of carbonyl (C=O) groups excluding carboxylic acids is 1. The average molecular weight is 331 g/mol. The lowest BCUT2D eigenvalue weighted by molar-refractivity contribution is 0.102. The van der Waals surface area contributed by atoms with Crippen molar-refractivity contribution in [1.82, 2.24) is 4.98 Å². The van der Waals surface area contributed by atoms with Crippen molar-refractivity contribution in [2.45, 2.75) is 19.8 Å². The Balaban J connectivity index is 1.77. The zero-order valence-corrected chi connectivity index (χ0v) is 13.4. The van der Waals surface area contributed by atoms with Crippen LogP contribution in [0.25, 0.3) is 0 Å². The number of hydrogen-bond acceptors (Lipinski definition) is 3. The fourth-order valence-corrected chi connectivity index (χ4v) is 2.80. The van der Waals surface area contributed by atoms with E-state index in [9.17, 15) is 13.6 Å². The normalized spacial score (nSPS) is 15.4. The van der Waals surface area contributed by atoms with Gasteiger partial charge in [-0.05, 0) is 43.0 Å². The van der Waals surface area contributed by atoms with Crippen LogP contribution >= 0.6 is 0 Å². The Morgan fingerprint density at radius 2 is 1.88 bits per heavy atom. The molecule has 24 heavy (non-hydrogen) atoms. The molecule has 126 valence electrons. The van der Waals surface area contributed by atoms with Crippen LogP contribution in [0.2, 0.25) is 0 Å². The third-order valence-electron chi connectivity index (χ3n) is 4.33. The lowest BCUT2D eigenvalue weighted by Crippen LogP contribution is -2.33. The SMILES string of the molecule is CC1CCN(c2ccnc(C(=O)Nc3c(F)cccc3F)c2)CC1. The second kappa shape index (κ2) is 6.95. The molecule has 1 aromatic heterocycles. The molecule has 1 saturated heterocycles. The molecule has 2 heterocycles. The van der Waals surface area contributed by atoms with Crippen LogP contribution in [0.1, 0.15) is 30.3 Å². The molecule has 0 spiro atoms. The monoisotopic (exact) mass is 331 g/mol. The summed E-state index contributed by atoms with van der Waals surface area (Å²) in [7, 11) is 0. The van der Waals surface area contributed by atoms with E-state index in [-0.39, 0.29) is 5.69 Å². The van der Waals surface area contributed by atoms with Gasteiger partial charge in [-0.15, -0.1) is 0 Å². The van der Waals surface area contributed by atoms with Gasteiger partial charge in [-0.25, -0.2) is 8.78 Å². The molecule has 1 amide bonds. The molecule has 1 N–H and O–H groups in total. The van der Waals surface area contributed by atoms with Crippen LogP contribution in [0, 0.1) is 17.6 Å². The number of nitrogens with zero attached hydrogens (tertiary/aromatic N) is 2. The standard InChI is InChI=1S/C18H19F2N3O/c1-12-6-9-23(10-7-12)13-5-8-21-16(11-13)18(24)22-17-14(19)3-2-4-15(17)20/h2-5,8,11-12H,6-7,9-10H2,1H3,(H,22,24). The quantitative estimate of drug-likeness (QED) is 0.929. The van der Waals surface area contributed by atoms with Gasteiger partial charge in [-0.2, -0.15) is 0 Å². The van der Waals surface area contributed by atoms with Crippen LogP contribution in [0.5, 0.6) is 0 Å². The number of carbonyl (C=O) groups is 1. The Morgan fingerprint density at radius 1 is 1.21 bits per heavy atom. The van der Waals surface area contributed by atoms with Gasteiger partial charge in [-0.3, -0.25) is 9.78 Å². The number of piperidine rings is 1. The molecule has 0 saturated carbocycles. The molecule has 0 aliphatic carbocycles. The van der Waals surface area contributed by atoms with Crippen LogP contribution in [0.4, 0.5) is 20.2 Å². The maximum atomic E-state index is 13.6. The highest BCUT2D eigenvalue weighted by atomic mass is 19.1. The first-order chi connectivity index (χ1) is 11.5. The first-order valence-corrected chi connectivity index (χ1v) is 8.01. The van der Waals surface area contributed by atoms with Crippen molar-refractivity contribution in [3.8, 4) is 0 Å². The van der Waals surface area contributed by atoms with Gasteiger partial charge in [-0.1, -0.05) is 13.0 Å². The third-order valence-corrected chi connectivity index (χ3v) is 4.33. The zero-order chi connectivity index (χ0) is 17.1. The largest absolute Gasteiger partial charge is 0.371 e. The van der Waals surface area contributed by atoms with Gasteiger partial charge in [0.2, 0.25) is 0 Å². The first-order valence-electron chi connectivity index (χ1n) is 8.01. The molecule has 2 aromatic rings. The number of rotatable bonds is 3. The van der Waals surface area contributed by atoms with Gasteiger partial charge >= 0.3 is 0 Å². The van der Waals surface area contributed by atoms with Gasteiger partial charge in [0, 0.05) is 25.0 Å². The summed E-state index contributed by atoms with van der Waals surface area (Å²) in [6, 6.07) is 6.94. The molecule has 1 aromatic carbocycles. The molecule has 1 aliphatic rings. The fraction of sp³-hybridized carbons (Fsp3) is 0.333. The predicted molar refractivity (Wildman–Crippen MR) is 89.2 cm³/mol. The van der Waals surface area contributed by atoms with E-state index >= 15 is 0 Å². The summed E-state index contributed by atoms with van der Waals surface area (Å²) in [6.45, 7) is 4.08. The minimum Gasteiger partial charge on any atom is -0.371 e. The van der Waals surface area contributed by atoms with Gasteiger partial charge in [0.25, 0.3) is 5.91 Å². The smallest absolute Gasteiger partial charge is 0.274 e. The Labute approximate surface area is 139 Å². The number of anilines is 2. The lowest BCUT2D eigenvalue weighted by atomic mass is 9.99. The van der Waals surface area contributed by atoms with Crippen molar-refractivity contribution in [2.24, 2.45) is 5.92 Å². The van der Waals surface area contributed by atoms with E-state index < -0.39 is 23.2 Å². The Hall–Kier alpha value is -2.50. The van der Waals surface area contributed by atoms with Crippen LogP contribution in [0.3, 0.4) is 0 Å². The molecule has 3 rings (SSSR count). The van der Waals surface area contributed by atoms with E-state index in [4.69, 9.17) is 0 Å². The average Bonchev–Trinajstić information content (AvgIpc) is 2.59. The molecule has 6 heteroatoms. The number of amides is 1. The topological polar surface area (TPSA) is 45.2 Å². The second-order valence-corrected chi connectivity index (χ2v) is 6.12. The van der Waals surface area contributed by atoms with Gasteiger partial charge in [0.05, 0.1) is 0 Å². The fourth-order valence-electron chi connectivity index (χ4n) is 2.80. The summed E-state index contributed by atoms with van der Waals surface area (Å²) in [4.78, 5) is 18.5. The highest BCUT2D eigenvalue weighted by Gasteiger charge is 2.19. The van der Waals surface area contributed by atoms with E-state index in [0.717, 1.165) is 43.8 Å². The van der Waals surface area contributed by atoms with Crippen LogP contribution in [0.15, 0.2) is 36.5 Å². The molecule has 0 bridgehead atoms. The van der Waals surface area contributed by atoms with Crippen molar-refractivity contribution < 1.29 is 13.6 Å². The highest BCUT2D eigenvalue weighted by molar-refractivity contribution is 6.03. The Morgan fingerprint density at radius 3 is 2.54 bits per heavy atom. The number of nitrogens with one attached hydrogen (secondary N) is 1. The van der Waals surface area contributed by atoms with E-state index in [0.29, 0.717) is 5.92 Å². The maximum Gasteiger partial charge on any atom is 0.274 e. The van der Waals surface area contributed by atoms with Crippen molar-refractivity contribution in [3.63, 3.8) is 0 Å². The molecule has 4 nitrogen and oxygen atoms in total. The summed E-state index contributed by atoms with van der Waals surface area (Å²) in [6.07, 6.45) is 3.74. The zero-order valence-electron chi connectivity index (χ0n) is 13.4. The maximum absolute atomic E-state index is 13.6. The number of benzene rings is 1. The highest BCUT2D eigenvalue weighted by Crippen LogP contribution is 2.24. The minimum atomic E-state index is -0.815. The number of pyridine rings is 1. The number of halogens is 2. The summed E-state index contributed by atoms with van der Waals surface area (Å²) < 4.78 is 27.3. The Kier molecular flexibility index (Phi) is 4.74. The van der Waals surface area contributed by atoms with Crippen molar-refractivity contribution in [3.05, 3.63) is 53.9 Å². The van der Waals surface area contributed by atoms with Gasteiger partial charge in [0.1, 0.15) is 23.0 Å². The van der Waals surface area contributed by atoms with E-state index in [1.165, 1.54) is 6.07 Å². The lowest BCUT2D eigenvalue weighted by Gasteiger charge is -2.32. The van der Waals surface area contributed by atoms with Gasteiger partial charge in [0.15, 0.2) is 0 Å². The number of aromatic nitrogens is 1. The van der Waals surface area contributed by atoms with E-state index in [1.54, 1.807) is 12.3 Å². The summed E-state index contributed by atoms with van der Waals surface area (Å²) in [5, 5.41) is 2.26. The summed E-state index contributed by atoms with van der Waals surface area (Å²) in [5.74, 6) is -1.56. The predicted octanol–water partition coefficient (Wildman–Crippen LogP) is 3.85. The molecular weight excluding hydrogens is 312 g/mol. The molecule has 0 radical (unpaired) electrons. The molecule has 1 fully saturated rings. The third kappa shape index (κ3) is 3.53. The molecule has 1 aliphatic heterocycles. The van der Waals surface area contributed by atoms with E-state index in [1.807, 2.05) is 6.07 Å². The Bertz CT molecular complexity index is 723. The molecule has 0 atom stereocenters. The number of para-hydroxylation sites is 1. The number of hydrogen-bond donors (Lipinski definition) is 1. The molecule has 0 unspecified atom stereocenters. The van der Waals surface area contributed by atoms with Crippen LogP contribution in [-0.4, -0.2) is 24.0 Å². The molecular formula is C18H19F2N3O. The summed E-state index contributed by atoms with van der Waals surface area (Å²) >= 11 is 0. The van der Waals surface area contributed by atoms with Crippen molar-refractivity contribution >= 4 is 17.3 Å². The van der Waals surface area contributed by atoms with Crippen LogP contribution in [-0.2, 0) is 0 Å². The van der Waals surface area contributed by atoms with Crippen LogP contribution < -0.4 is 10.2 Å². The first kappa shape index (κ1) is 16.4. The summed E-state index contributed by atoms with van der Waals surface area (Å²) in [5.41, 5.74) is 0.575. The second-order valence-electron chi connectivity index (χ2n) is 6.12. The van der Waals surface area contributed by atoms with Crippen molar-refractivity contribution in [2.75, 3.05) is 23.3 Å². The van der Waals surface area contributed by atoms with Crippen molar-refractivity contribution in [1.29, 1.82) is 0 Å². The van der Waals surface area contributed by atoms with E-state index in [2.05, 4.69) is 22.1 Å². The van der Waals surface area contributed by atoms with Gasteiger partial charge < -0.3 is 10.2 Å². The minimum absolute atomic E-state index is 0.133.